The molecule has 5 aromatic rings. The number of pyridine rings is 2. The van der Waals surface area contributed by atoms with E-state index in [4.69, 9.17) is 14.2 Å². The van der Waals surface area contributed by atoms with E-state index >= 15 is 0 Å². The molecule has 7 heteroatoms. The second-order valence-electron chi connectivity index (χ2n) is 8.59. The Balaban J connectivity index is 1.27. The van der Waals surface area contributed by atoms with E-state index in [-0.39, 0.29) is 5.91 Å². The summed E-state index contributed by atoms with van der Waals surface area (Å²) in [5, 5.41) is 4.92. The first-order chi connectivity index (χ1) is 18.6. The van der Waals surface area contributed by atoms with Crippen LogP contribution in [0, 0.1) is 0 Å². The van der Waals surface area contributed by atoms with Crippen LogP contribution in [0.2, 0.25) is 0 Å². The molecule has 38 heavy (non-hydrogen) atoms. The Hall–Kier alpha value is -4.91. The standard InChI is InChI=1S/C31H27N3O4/c1-36-28-13-12-21(18-29(28)37-2)15-17-38-30-11-5-9-26(33-30)22-6-3-7-23(19-22)31(35)34-27-10-4-8-24-20-32-16-14-25(24)27/h3-14,16,18-20H,15,17H2,1-2H3,(H,34,35). The van der Waals surface area contributed by atoms with Crippen molar-refractivity contribution in [2.75, 3.05) is 26.1 Å². The summed E-state index contributed by atoms with van der Waals surface area (Å²) < 4.78 is 16.6. The Morgan fingerprint density at radius 2 is 1.71 bits per heavy atom. The van der Waals surface area contributed by atoms with Gasteiger partial charge in [-0.15, -0.1) is 0 Å². The molecule has 1 N–H and O–H groups in total. The van der Waals surface area contributed by atoms with Crippen molar-refractivity contribution in [1.82, 2.24) is 9.97 Å². The van der Waals surface area contributed by atoms with Gasteiger partial charge in [0.15, 0.2) is 11.5 Å². The van der Waals surface area contributed by atoms with Crippen LogP contribution in [0.1, 0.15) is 15.9 Å². The fourth-order valence-electron chi connectivity index (χ4n) is 4.21. The lowest BCUT2D eigenvalue weighted by Gasteiger charge is -2.11. The van der Waals surface area contributed by atoms with Gasteiger partial charge in [0.25, 0.3) is 5.91 Å². The van der Waals surface area contributed by atoms with Gasteiger partial charge in [0.2, 0.25) is 5.88 Å². The average molecular weight is 506 g/mol. The Bertz CT molecular complexity index is 1580. The van der Waals surface area contributed by atoms with E-state index in [0.29, 0.717) is 36.0 Å². The van der Waals surface area contributed by atoms with Crippen LogP contribution in [0.4, 0.5) is 5.69 Å². The van der Waals surface area contributed by atoms with Crippen LogP contribution in [0.15, 0.2) is 97.3 Å². The summed E-state index contributed by atoms with van der Waals surface area (Å²) in [6.07, 6.45) is 4.18. The molecule has 0 radical (unpaired) electrons. The Kier molecular flexibility index (Phi) is 7.45. The monoisotopic (exact) mass is 505 g/mol. The molecular formula is C31H27N3O4. The number of methoxy groups -OCH3 is 2. The first-order valence-corrected chi connectivity index (χ1v) is 12.2. The number of carbonyl (C=O) groups is 1. The van der Waals surface area contributed by atoms with E-state index in [0.717, 1.165) is 33.3 Å². The van der Waals surface area contributed by atoms with Crippen LogP contribution in [-0.4, -0.2) is 36.7 Å². The molecular weight excluding hydrogens is 478 g/mol. The minimum atomic E-state index is -0.196. The predicted octanol–water partition coefficient (Wildman–Crippen LogP) is 6.19. The molecule has 1 amide bonds. The normalized spacial score (nSPS) is 10.7. The molecule has 0 aliphatic heterocycles. The van der Waals surface area contributed by atoms with Crippen molar-refractivity contribution < 1.29 is 19.0 Å². The fraction of sp³-hybridized carbons (Fsp3) is 0.129. The highest BCUT2D eigenvalue weighted by Crippen LogP contribution is 2.28. The van der Waals surface area contributed by atoms with E-state index in [1.54, 1.807) is 32.7 Å². The van der Waals surface area contributed by atoms with Gasteiger partial charge in [0.1, 0.15) is 0 Å². The number of benzene rings is 3. The van der Waals surface area contributed by atoms with Gasteiger partial charge in [0.05, 0.1) is 26.5 Å². The van der Waals surface area contributed by atoms with Crippen molar-refractivity contribution in [3.63, 3.8) is 0 Å². The van der Waals surface area contributed by atoms with Crippen molar-refractivity contribution in [3.8, 4) is 28.6 Å². The molecule has 5 rings (SSSR count). The third kappa shape index (κ3) is 5.57. The Morgan fingerprint density at radius 3 is 2.58 bits per heavy atom. The largest absolute Gasteiger partial charge is 0.493 e. The van der Waals surface area contributed by atoms with Crippen LogP contribution >= 0.6 is 0 Å². The summed E-state index contributed by atoms with van der Waals surface area (Å²) in [6.45, 7) is 0.453. The highest BCUT2D eigenvalue weighted by molar-refractivity contribution is 6.09. The lowest BCUT2D eigenvalue weighted by Crippen LogP contribution is -2.12. The van der Waals surface area contributed by atoms with Crippen molar-refractivity contribution in [2.45, 2.75) is 6.42 Å². The number of hydrogen-bond donors (Lipinski definition) is 1. The summed E-state index contributed by atoms with van der Waals surface area (Å²) in [5.41, 5.74) is 3.89. The number of anilines is 1. The molecule has 0 fully saturated rings. The molecule has 0 aliphatic carbocycles. The zero-order valence-corrected chi connectivity index (χ0v) is 21.2. The molecule has 0 spiro atoms. The number of nitrogens with zero attached hydrogens (tertiary/aromatic N) is 2. The van der Waals surface area contributed by atoms with Gasteiger partial charge in [0, 0.05) is 52.5 Å². The first kappa shape index (κ1) is 24.8. The number of aromatic nitrogens is 2. The third-order valence-electron chi connectivity index (χ3n) is 6.16. The molecule has 0 bridgehead atoms. The SMILES string of the molecule is COc1ccc(CCOc2cccc(-c3cccc(C(=O)Nc4cccc5cnccc45)c3)n2)cc1OC. The molecule has 7 nitrogen and oxygen atoms in total. The van der Waals surface area contributed by atoms with Crippen molar-refractivity contribution in [1.29, 1.82) is 0 Å². The van der Waals surface area contributed by atoms with Crippen LogP contribution in [0.25, 0.3) is 22.0 Å². The number of rotatable bonds is 9. The lowest BCUT2D eigenvalue weighted by atomic mass is 10.1. The predicted molar refractivity (Wildman–Crippen MR) is 148 cm³/mol. The van der Waals surface area contributed by atoms with E-state index in [1.807, 2.05) is 78.9 Å². The molecule has 3 aromatic carbocycles. The van der Waals surface area contributed by atoms with E-state index in [1.165, 1.54) is 0 Å². The van der Waals surface area contributed by atoms with Gasteiger partial charge in [-0.1, -0.05) is 36.4 Å². The van der Waals surface area contributed by atoms with Crippen molar-refractivity contribution in [2.24, 2.45) is 0 Å². The van der Waals surface area contributed by atoms with Crippen molar-refractivity contribution in [3.05, 3.63) is 108 Å². The van der Waals surface area contributed by atoms with Gasteiger partial charge in [-0.2, -0.15) is 0 Å². The Morgan fingerprint density at radius 1 is 0.868 bits per heavy atom. The van der Waals surface area contributed by atoms with Crippen LogP contribution in [0.5, 0.6) is 17.4 Å². The number of nitrogens with one attached hydrogen (secondary N) is 1. The van der Waals surface area contributed by atoms with E-state index < -0.39 is 0 Å². The molecule has 0 saturated heterocycles. The molecule has 0 saturated carbocycles. The van der Waals surface area contributed by atoms with Gasteiger partial charge >= 0.3 is 0 Å². The number of ether oxygens (including phenoxy) is 3. The summed E-state index contributed by atoms with van der Waals surface area (Å²) in [5.74, 6) is 1.70. The second-order valence-corrected chi connectivity index (χ2v) is 8.59. The fourth-order valence-corrected chi connectivity index (χ4v) is 4.21. The van der Waals surface area contributed by atoms with Crippen LogP contribution in [0.3, 0.4) is 0 Å². The van der Waals surface area contributed by atoms with Gasteiger partial charge in [-0.05, 0) is 48.0 Å². The maximum absolute atomic E-state index is 13.1. The summed E-state index contributed by atoms with van der Waals surface area (Å²) in [4.78, 5) is 21.9. The van der Waals surface area contributed by atoms with Crippen LogP contribution in [-0.2, 0) is 6.42 Å². The molecule has 190 valence electrons. The molecule has 0 atom stereocenters. The topological polar surface area (TPSA) is 82.6 Å². The minimum Gasteiger partial charge on any atom is -0.493 e. The van der Waals surface area contributed by atoms with E-state index in [9.17, 15) is 4.79 Å². The van der Waals surface area contributed by atoms with Gasteiger partial charge < -0.3 is 19.5 Å². The maximum Gasteiger partial charge on any atom is 0.255 e. The average Bonchev–Trinajstić information content (AvgIpc) is 2.97. The van der Waals surface area contributed by atoms with E-state index in [2.05, 4.69) is 15.3 Å². The first-order valence-electron chi connectivity index (χ1n) is 12.2. The second kappa shape index (κ2) is 11.4. The molecule has 0 aliphatic rings. The smallest absolute Gasteiger partial charge is 0.255 e. The zero-order chi connectivity index (χ0) is 26.3. The minimum absolute atomic E-state index is 0.196. The summed E-state index contributed by atoms with van der Waals surface area (Å²) >= 11 is 0. The number of carbonyl (C=O) groups excluding carboxylic acids is 1. The summed E-state index contributed by atoms with van der Waals surface area (Å²) in [6, 6.07) is 26.5. The molecule has 0 unspecified atom stereocenters. The van der Waals surface area contributed by atoms with Crippen LogP contribution < -0.4 is 19.5 Å². The van der Waals surface area contributed by atoms with Gasteiger partial charge in [-0.25, -0.2) is 4.98 Å². The highest BCUT2D eigenvalue weighted by atomic mass is 16.5. The summed E-state index contributed by atoms with van der Waals surface area (Å²) in [7, 11) is 3.23. The maximum atomic E-state index is 13.1. The molecule has 2 aromatic heterocycles. The molecule has 2 heterocycles. The lowest BCUT2D eigenvalue weighted by molar-refractivity contribution is 0.102. The Labute approximate surface area is 221 Å². The number of fused-ring (bicyclic) bond motifs is 1. The third-order valence-corrected chi connectivity index (χ3v) is 6.16. The quantitative estimate of drug-likeness (QED) is 0.257. The van der Waals surface area contributed by atoms with Gasteiger partial charge in [-0.3, -0.25) is 9.78 Å². The number of hydrogen-bond acceptors (Lipinski definition) is 6. The van der Waals surface area contributed by atoms with Crippen molar-refractivity contribution >= 4 is 22.4 Å². The zero-order valence-electron chi connectivity index (χ0n) is 21.2. The highest BCUT2D eigenvalue weighted by Gasteiger charge is 2.11. The number of amides is 1.